The molecule has 0 unspecified atom stereocenters. The number of hydrogen-bond acceptors (Lipinski definition) is 5. The van der Waals surface area contributed by atoms with Crippen LogP contribution in [0.4, 0.5) is 11.4 Å². The maximum Gasteiger partial charge on any atom is 0.338 e. The zero-order chi connectivity index (χ0) is 14.7. The Morgan fingerprint density at radius 3 is 2.80 bits per heavy atom. The van der Waals surface area contributed by atoms with Gasteiger partial charge in [-0.25, -0.2) is 4.79 Å². The molecule has 0 aliphatic rings. The number of nitrogens with one attached hydrogen (secondary N) is 1. The minimum Gasteiger partial charge on any atom is -0.478 e. The van der Waals surface area contributed by atoms with Crippen LogP contribution in [-0.4, -0.2) is 16.0 Å². The molecule has 0 radical (unpaired) electrons. The summed E-state index contributed by atoms with van der Waals surface area (Å²) in [4.78, 5) is 20.9. The number of anilines is 1. The molecule has 0 spiro atoms. The number of benzene rings is 1. The average Bonchev–Trinajstić information content (AvgIpc) is 2.86. The molecule has 0 amide bonds. The lowest BCUT2D eigenvalue weighted by atomic mass is 10.2. The Balaban J connectivity index is 2.11. The van der Waals surface area contributed by atoms with Crippen molar-refractivity contribution in [1.82, 2.24) is 0 Å². The number of furan rings is 1. The highest BCUT2D eigenvalue weighted by atomic mass is 79.9. The van der Waals surface area contributed by atoms with Crippen molar-refractivity contribution >= 4 is 33.3 Å². The summed E-state index contributed by atoms with van der Waals surface area (Å²) in [6, 6.07) is 5.71. The molecule has 0 saturated carbocycles. The molecular weight excluding hydrogens is 332 g/mol. The highest BCUT2D eigenvalue weighted by Crippen LogP contribution is 2.27. The summed E-state index contributed by atoms with van der Waals surface area (Å²) in [6.45, 7) is 0.215. The van der Waals surface area contributed by atoms with E-state index in [0.29, 0.717) is 15.9 Å². The fraction of sp³-hybridized carbons (Fsp3) is 0.0833. The topological polar surface area (TPSA) is 106 Å². The summed E-state index contributed by atoms with van der Waals surface area (Å²) in [5.74, 6) is -0.655. The van der Waals surface area contributed by atoms with Gasteiger partial charge >= 0.3 is 5.97 Å². The van der Waals surface area contributed by atoms with Gasteiger partial charge in [-0.2, -0.15) is 0 Å². The van der Waals surface area contributed by atoms with Crippen molar-refractivity contribution in [1.29, 1.82) is 0 Å². The van der Waals surface area contributed by atoms with Crippen LogP contribution in [0.1, 0.15) is 16.1 Å². The van der Waals surface area contributed by atoms with Crippen LogP contribution in [-0.2, 0) is 6.54 Å². The van der Waals surface area contributed by atoms with E-state index in [1.54, 1.807) is 6.07 Å². The van der Waals surface area contributed by atoms with Gasteiger partial charge in [0.05, 0.1) is 22.7 Å². The van der Waals surface area contributed by atoms with Crippen LogP contribution in [0, 0.1) is 10.1 Å². The molecule has 0 bridgehead atoms. The predicted molar refractivity (Wildman–Crippen MR) is 73.8 cm³/mol. The van der Waals surface area contributed by atoms with Crippen LogP contribution in [0.2, 0.25) is 0 Å². The Bertz CT molecular complexity index is 668. The molecule has 104 valence electrons. The number of carboxylic acids is 1. The summed E-state index contributed by atoms with van der Waals surface area (Å²) in [5, 5.41) is 22.4. The van der Waals surface area contributed by atoms with Crippen LogP contribution >= 0.6 is 15.9 Å². The van der Waals surface area contributed by atoms with Gasteiger partial charge < -0.3 is 14.8 Å². The molecule has 0 saturated heterocycles. The lowest BCUT2D eigenvalue weighted by molar-refractivity contribution is -0.384. The minimum absolute atomic E-state index is 0.0404. The number of nitro groups is 1. The van der Waals surface area contributed by atoms with Gasteiger partial charge in [0, 0.05) is 16.6 Å². The molecule has 2 N–H and O–H groups in total. The first-order valence-corrected chi connectivity index (χ1v) is 6.25. The van der Waals surface area contributed by atoms with E-state index in [2.05, 4.69) is 21.2 Å². The van der Waals surface area contributed by atoms with Crippen molar-refractivity contribution in [2.75, 3.05) is 5.32 Å². The molecule has 8 heteroatoms. The summed E-state index contributed by atoms with van der Waals surface area (Å²) >= 11 is 3.27. The smallest absolute Gasteiger partial charge is 0.338 e. The summed E-state index contributed by atoms with van der Waals surface area (Å²) in [7, 11) is 0. The monoisotopic (exact) mass is 340 g/mol. The molecule has 20 heavy (non-hydrogen) atoms. The Morgan fingerprint density at radius 2 is 2.20 bits per heavy atom. The molecule has 0 aliphatic heterocycles. The molecule has 1 aromatic heterocycles. The van der Waals surface area contributed by atoms with Gasteiger partial charge in [-0.1, -0.05) is 0 Å². The number of hydrogen-bond donors (Lipinski definition) is 2. The molecule has 0 atom stereocenters. The van der Waals surface area contributed by atoms with Gasteiger partial charge in [0.2, 0.25) is 0 Å². The van der Waals surface area contributed by atoms with E-state index in [1.807, 2.05) is 0 Å². The number of rotatable bonds is 5. The number of nitrogens with zero attached hydrogens (tertiary/aromatic N) is 1. The van der Waals surface area contributed by atoms with Crippen molar-refractivity contribution in [3.63, 3.8) is 0 Å². The average molecular weight is 341 g/mol. The fourth-order valence-electron chi connectivity index (χ4n) is 1.53. The Hall–Kier alpha value is -2.35. The van der Waals surface area contributed by atoms with Crippen LogP contribution in [0.5, 0.6) is 0 Å². The van der Waals surface area contributed by atoms with E-state index < -0.39 is 10.9 Å². The first-order chi connectivity index (χ1) is 9.47. The van der Waals surface area contributed by atoms with Crippen molar-refractivity contribution in [2.45, 2.75) is 6.54 Å². The van der Waals surface area contributed by atoms with Gasteiger partial charge in [0.25, 0.3) is 5.69 Å². The second kappa shape index (κ2) is 5.74. The van der Waals surface area contributed by atoms with Crippen LogP contribution in [0.25, 0.3) is 0 Å². The van der Waals surface area contributed by atoms with Gasteiger partial charge in [-0.15, -0.1) is 0 Å². The molecule has 1 aromatic carbocycles. The quantitative estimate of drug-likeness (QED) is 0.639. The van der Waals surface area contributed by atoms with Crippen LogP contribution in [0.15, 0.2) is 39.4 Å². The molecule has 0 aliphatic carbocycles. The number of carboxylic acid groups (broad SMARTS) is 1. The standard InChI is InChI=1S/C12H9BrN2O5/c13-10-2-1-8(15(18)19)4-11(10)14-5-9-3-7(6-20-9)12(16)17/h1-4,6,14H,5H2,(H,16,17). The highest BCUT2D eigenvalue weighted by molar-refractivity contribution is 9.10. The largest absolute Gasteiger partial charge is 0.478 e. The Morgan fingerprint density at radius 1 is 1.45 bits per heavy atom. The molecule has 1 heterocycles. The number of aromatic carboxylic acids is 1. The second-order valence-corrected chi connectivity index (χ2v) is 4.74. The van der Waals surface area contributed by atoms with Crippen LogP contribution in [0.3, 0.4) is 0 Å². The molecular formula is C12H9BrN2O5. The minimum atomic E-state index is -1.07. The molecule has 0 fully saturated rings. The first kappa shape index (κ1) is 14.1. The first-order valence-electron chi connectivity index (χ1n) is 5.46. The lowest BCUT2D eigenvalue weighted by Crippen LogP contribution is -2.00. The Kier molecular flexibility index (Phi) is 4.04. The van der Waals surface area contributed by atoms with Gasteiger partial charge in [0.15, 0.2) is 0 Å². The van der Waals surface area contributed by atoms with E-state index in [0.717, 1.165) is 6.26 Å². The summed E-state index contributed by atoms with van der Waals surface area (Å²) in [5.41, 5.74) is 0.536. The highest BCUT2D eigenvalue weighted by Gasteiger charge is 2.11. The molecule has 7 nitrogen and oxygen atoms in total. The van der Waals surface area contributed by atoms with Gasteiger partial charge in [-0.3, -0.25) is 10.1 Å². The number of halogens is 1. The maximum atomic E-state index is 10.7. The van der Waals surface area contributed by atoms with Crippen molar-refractivity contribution < 1.29 is 19.2 Å². The lowest BCUT2D eigenvalue weighted by Gasteiger charge is -2.06. The number of nitro benzene ring substituents is 1. The van der Waals surface area contributed by atoms with E-state index in [4.69, 9.17) is 9.52 Å². The molecule has 2 aromatic rings. The second-order valence-electron chi connectivity index (χ2n) is 3.88. The maximum absolute atomic E-state index is 10.7. The van der Waals surface area contributed by atoms with Crippen molar-refractivity contribution in [2.24, 2.45) is 0 Å². The predicted octanol–water partition coefficient (Wildman–Crippen LogP) is 3.26. The van der Waals surface area contributed by atoms with E-state index in [1.165, 1.54) is 18.2 Å². The summed E-state index contributed by atoms with van der Waals surface area (Å²) < 4.78 is 5.73. The third-order valence-electron chi connectivity index (χ3n) is 2.51. The van der Waals surface area contributed by atoms with E-state index in [-0.39, 0.29) is 17.8 Å². The van der Waals surface area contributed by atoms with E-state index in [9.17, 15) is 14.9 Å². The van der Waals surface area contributed by atoms with E-state index >= 15 is 0 Å². The zero-order valence-electron chi connectivity index (χ0n) is 10.00. The zero-order valence-corrected chi connectivity index (χ0v) is 11.6. The van der Waals surface area contributed by atoms with Gasteiger partial charge in [-0.05, 0) is 28.1 Å². The third kappa shape index (κ3) is 3.15. The fourth-order valence-corrected chi connectivity index (χ4v) is 1.92. The normalized spacial score (nSPS) is 10.2. The SMILES string of the molecule is O=C(O)c1coc(CNc2cc([N+](=O)[O-])ccc2Br)c1. The van der Waals surface area contributed by atoms with Crippen molar-refractivity contribution in [3.8, 4) is 0 Å². The summed E-state index contributed by atoms with van der Waals surface area (Å²) in [6.07, 6.45) is 1.14. The van der Waals surface area contributed by atoms with Crippen molar-refractivity contribution in [3.05, 3.63) is 56.4 Å². The van der Waals surface area contributed by atoms with Crippen LogP contribution < -0.4 is 5.32 Å². The number of non-ortho nitro benzene ring substituents is 1. The van der Waals surface area contributed by atoms with Gasteiger partial charge in [0.1, 0.15) is 12.0 Å². The molecule has 2 rings (SSSR count). The number of carbonyl (C=O) groups is 1. The third-order valence-corrected chi connectivity index (χ3v) is 3.21. The Labute approximate surface area is 121 Å².